The molecule has 2 atom stereocenters. The lowest BCUT2D eigenvalue weighted by Gasteiger charge is -2.27. The van der Waals surface area contributed by atoms with E-state index in [1.807, 2.05) is 26.0 Å². The van der Waals surface area contributed by atoms with Crippen LogP contribution in [-0.2, 0) is 9.84 Å². The standard InChI is InChI=1S/C10H15NO2S2/c1-7-5-15(12,13)6-9(11-7)10-4-3-8(2)14-10/h3-4,7,9,11H,5-6H2,1-2H3. The minimum absolute atomic E-state index is 0.0163. The summed E-state index contributed by atoms with van der Waals surface area (Å²) in [7, 11) is -2.88. The highest BCUT2D eigenvalue weighted by molar-refractivity contribution is 7.91. The van der Waals surface area contributed by atoms with Crippen LogP contribution >= 0.6 is 11.3 Å². The zero-order chi connectivity index (χ0) is 11.1. The Morgan fingerprint density at radius 1 is 1.40 bits per heavy atom. The van der Waals surface area contributed by atoms with Gasteiger partial charge in [0.2, 0.25) is 0 Å². The number of hydrogen-bond acceptors (Lipinski definition) is 4. The number of nitrogens with one attached hydrogen (secondary N) is 1. The molecule has 0 spiro atoms. The van der Waals surface area contributed by atoms with Crippen molar-refractivity contribution in [3.8, 4) is 0 Å². The van der Waals surface area contributed by atoms with E-state index in [-0.39, 0.29) is 23.6 Å². The number of rotatable bonds is 1. The van der Waals surface area contributed by atoms with E-state index >= 15 is 0 Å². The summed E-state index contributed by atoms with van der Waals surface area (Å²) in [5.74, 6) is 0.491. The predicted octanol–water partition coefficient (Wildman–Crippen LogP) is 1.50. The number of aryl methyl sites for hydroxylation is 1. The maximum Gasteiger partial charge on any atom is 0.153 e. The summed E-state index contributed by atoms with van der Waals surface area (Å²) in [6.07, 6.45) is 0. The highest BCUT2D eigenvalue weighted by Gasteiger charge is 2.30. The fourth-order valence-electron chi connectivity index (χ4n) is 1.95. The summed E-state index contributed by atoms with van der Waals surface area (Å²) in [5.41, 5.74) is 0. The van der Waals surface area contributed by atoms with E-state index < -0.39 is 9.84 Å². The summed E-state index contributed by atoms with van der Waals surface area (Å²) in [6, 6.07) is 4.09. The van der Waals surface area contributed by atoms with Gasteiger partial charge < -0.3 is 5.32 Å². The quantitative estimate of drug-likeness (QED) is 0.815. The molecule has 1 aromatic rings. The van der Waals surface area contributed by atoms with Gasteiger partial charge in [-0.3, -0.25) is 0 Å². The van der Waals surface area contributed by atoms with E-state index in [1.165, 1.54) is 4.88 Å². The maximum absolute atomic E-state index is 11.6. The Morgan fingerprint density at radius 3 is 2.67 bits per heavy atom. The molecular weight excluding hydrogens is 230 g/mol. The zero-order valence-corrected chi connectivity index (χ0v) is 10.5. The van der Waals surface area contributed by atoms with Crippen LogP contribution in [0.3, 0.4) is 0 Å². The molecule has 1 saturated heterocycles. The van der Waals surface area contributed by atoms with Gasteiger partial charge in [-0.15, -0.1) is 11.3 Å². The molecule has 0 amide bonds. The van der Waals surface area contributed by atoms with Crippen LogP contribution in [0.2, 0.25) is 0 Å². The molecule has 1 N–H and O–H groups in total. The Morgan fingerprint density at radius 2 is 2.13 bits per heavy atom. The van der Waals surface area contributed by atoms with Gasteiger partial charge in [-0.05, 0) is 26.0 Å². The van der Waals surface area contributed by atoms with Crippen molar-refractivity contribution >= 4 is 21.2 Å². The second kappa shape index (κ2) is 3.88. The van der Waals surface area contributed by atoms with Crippen LogP contribution in [0.5, 0.6) is 0 Å². The van der Waals surface area contributed by atoms with Gasteiger partial charge in [0.1, 0.15) is 0 Å². The van der Waals surface area contributed by atoms with Crippen molar-refractivity contribution in [2.75, 3.05) is 11.5 Å². The fraction of sp³-hybridized carbons (Fsp3) is 0.600. The molecule has 0 radical (unpaired) electrons. The van der Waals surface area contributed by atoms with E-state index in [4.69, 9.17) is 0 Å². The first-order valence-electron chi connectivity index (χ1n) is 4.99. The summed E-state index contributed by atoms with van der Waals surface area (Å²) >= 11 is 1.67. The van der Waals surface area contributed by atoms with Crippen LogP contribution in [0.15, 0.2) is 12.1 Å². The van der Waals surface area contributed by atoms with Crippen LogP contribution in [0, 0.1) is 6.92 Å². The van der Waals surface area contributed by atoms with Gasteiger partial charge in [-0.1, -0.05) is 0 Å². The van der Waals surface area contributed by atoms with Gasteiger partial charge in [0.25, 0.3) is 0 Å². The van der Waals surface area contributed by atoms with Crippen molar-refractivity contribution in [1.82, 2.24) is 5.32 Å². The third-order valence-electron chi connectivity index (χ3n) is 2.51. The van der Waals surface area contributed by atoms with Gasteiger partial charge >= 0.3 is 0 Å². The smallest absolute Gasteiger partial charge is 0.153 e. The first-order valence-corrected chi connectivity index (χ1v) is 7.63. The SMILES string of the molecule is Cc1ccc(C2CS(=O)(=O)CC(C)N2)s1. The van der Waals surface area contributed by atoms with Crippen LogP contribution in [-0.4, -0.2) is 26.0 Å². The molecule has 0 aliphatic carbocycles. The van der Waals surface area contributed by atoms with Crippen molar-refractivity contribution in [3.63, 3.8) is 0 Å². The Kier molecular flexibility index (Phi) is 2.87. The molecule has 2 heterocycles. The average Bonchev–Trinajstić information content (AvgIpc) is 2.48. The molecule has 0 bridgehead atoms. The Balaban J connectivity index is 2.23. The third kappa shape index (κ3) is 2.59. The van der Waals surface area contributed by atoms with E-state index in [0.29, 0.717) is 0 Å². The van der Waals surface area contributed by atoms with Gasteiger partial charge in [0.15, 0.2) is 9.84 Å². The Hall–Kier alpha value is -0.390. The highest BCUT2D eigenvalue weighted by atomic mass is 32.2. The zero-order valence-electron chi connectivity index (χ0n) is 8.86. The lowest BCUT2D eigenvalue weighted by atomic mass is 10.2. The van der Waals surface area contributed by atoms with Crippen LogP contribution in [0.4, 0.5) is 0 Å². The number of sulfone groups is 1. The minimum atomic E-state index is -2.88. The number of hydrogen-bond donors (Lipinski definition) is 1. The second-order valence-corrected chi connectivity index (χ2v) is 7.62. The van der Waals surface area contributed by atoms with Gasteiger partial charge in [0.05, 0.1) is 17.5 Å². The van der Waals surface area contributed by atoms with Gasteiger partial charge in [-0.25, -0.2) is 8.42 Å². The van der Waals surface area contributed by atoms with Crippen LogP contribution < -0.4 is 5.32 Å². The molecule has 1 aromatic heterocycles. The second-order valence-electron chi connectivity index (χ2n) is 4.15. The molecule has 3 nitrogen and oxygen atoms in total. The van der Waals surface area contributed by atoms with E-state index in [9.17, 15) is 8.42 Å². The number of thiophene rings is 1. The normalized spacial score (nSPS) is 30.3. The molecule has 1 fully saturated rings. The van der Waals surface area contributed by atoms with Gasteiger partial charge in [-0.2, -0.15) is 0 Å². The molecule has 5 heteroatoms. The minimum Gasteiger partial charge on any atom is -0.305 e. The average molecular weight is 245 g/mol. The first-order chi connectivity index (χ1) is 6.96. The lowest BCUT2D eigenvalue weighted by molar-refractivity contribution is 0.473. The third-order valence-corrected chi connectivity index (χ3v) is 5.48. The summed E-state index contributed by atoms with van der Waals surface area (Å²) in [6.45, 7) is 3.96. The fourth-order valence-corrected chi connectivity index (χ4v) is 4.77. The molecule has 2 rings (SSSR count). The van der Waals surface area contributed by atoms with Crippen molar-refractivity contribution < 1.29 is 8.42 Å². The summed E-state index contributed by atoms with van der Waals surface area (Å²) in [4.78, 5) is 2.35. The maximum atomic E-state index is 11.6. The van der Waals surface area contributed by atoms with Gasteiger partial charge in [0, 0.05) is 15.8 Å². The van der Waals surface area contributed by atoms with Crippen molar-refractivity contribution in [3.05, 3.63) is 21.9 Å². The molecule has 0 aromatic carbocycles. The lowest BCUT2D eigenvalue weighted by Crippen LogP contribution is -2.45. The topological polar surface area (TPSA) is 46.2 Å². The van der Waals surface area contributed by atoms with E-state index in [2.05, 4.69) is 5.32 Å². The molecule has 1 aliphatic heterocycles. The molecule has 0 saturated carbocycles. The van der Waals surface area contributed by atoms with Crippen molar-refractivity contribution in [2.45, 2.75) is 25.9 Å². The Labute approximate surface area is 94.4 Å². The van der Waals surface area contributed by atoms with E-state index in [0.717, 1.165) is 4.88 Å². The molecule has 15 heavy (non-hydrogen) atoms. The van der Waals surface area contributed by atoms with Crippen molar-refractivity contribution in [2.24, 2.45) is 0 Å². The van der Waals surface area contributed by atoms with Crippen LogP contribution in [0.25, 0.3) is 0 Å². The first kappa shape index (κ1) is 11.1. The Bertz CT molecular complexity index is 450. The molecule has 1 aliphatic rings. The highest BCUT2D eigenvalue weighted by Crippen LogP contribution is 2.26. The van der Waals surface area contributed by atoms with Crippen LogP contribution in [0.1, 0.15) is 22.7 Å². The summed E-state index contributed by atoms with van der Waals surface area (Å²) in [5, 5.41) is 3.33. The largest absolute Gasteiger partial charge is 0.305 e. The molecule has 2 unspecified atom stereocenters. The molecular formula is C10H15NO2S2. The van der Waals surface area contributed by atoms with Crippen molar-refractivity contribution in [1.29, 1.82) is 0 Å². The summed E-state index contributed by atoms with van der Waals surface area (Å²) < 4.78 is 23.2. The predicted molar refractivity (Wildman–Crippen MR) is 63.0 cm³/mol. The monoisotopic (exact) mass is 245 g/mol. The molecule has 84 valence electrons. The van der Waals surface area contributed by atoms with E-state index in [1.54, 1.807) is 11.3 Å².